The summed E-state index contributed by atoms with van der Waals surface area (Å²) in [6, 6.07) is 9.86. The molecule has 330 valence electrons. The van der Waals surface area contributed by atoms with Gasteiger partial charge in [-0.2, -0.15) is 0 Å². The fourth-order valence-corrected chi connectivity index (χ4v) is 9.14. The zero-order valence-corrected chi connectivity index (χ0v) is 36.4. The number of aromatic nitrogens is 2. The lowest BCUT2D eigenvalue weighted by atomic mass is 9.73. The van der Waals surface area contributed by atoms with Gasteiger partial charge in [0.05, 0.1) is 29.4 Å². The second-order valence-corrected chi connectivity index (χ2v) is 17.5. The number of hydrogen-bond acceptors (Lipinski definition) is 14. The number of para-hydroxylation sites is 1. The molecule has 5 heterocycles. The van der Waals surface area contributed by atoms with Crippen LogP contribution in [0, 0.1) is 29.6 Å². The summed E-state index contributed by atoms with van der Waals surface area (Å²) in [6.07, 6.45) is -4.34. The topological polar surface area (TPSA) is 189 Å². The molecule has 3 aromatic rings. The van der Waals surface area contributed by atoms with Gasteiger partial charge in [0, 0.05) is 47.0 Å². The number of aliphatic hydroxyl groups excluding tert-OH is 1. The summed E-state index contributed by atoms with van der Waals surface area (Å²) in [7, 11) is 3.61. The average molecular weight is 849 g/mol. The van der Waals surface area contributed by atoms with Crippen LogP contribution in [0.5, 0.6) is 0 Å². The maximum absolute atomic E-state index is 16.9. The second kappa shape index (κ2) is 17.9. The molecule has 0 saturated carbocycles. The number of alkyl carbamates (subject to hydrolysis) is 1. The van der Waals surface area contributed by atoms with E-state index < -0.39 is 95.3 Å². The van der Waals surface area contributed by atoms with Crippen LogP contribution in [0.4, 0.5) is 9.18 Å². The van der Waals surface area contributed by atoms with Gasteiger partial charge in [-0.15, -0.1) is 0 Å². The molecular formula is C45H57FN4O11. The number of fused-ring (bicyclic) bond motifs is 2. The largest absolute Gasteiger partial charge is 0.455 e. The van der Waals surface area contributed by atoms with Crippen LogP contribution in [0.1, 0.15) is 80.4 Å². The predicted octanol–water partition coefficient (Wildman–Crippen LogP) is 5.20. The number of pyridine rings is 1. The van der Waals surface area contributed by atoms with Crippen molar-refractivity contribution in [3.05, 3.63) is 48.4 Å². The maximum atomic E-state index is 16.9. The summed E-state index contributed by atoms with van der Waals surface area (Å²) in [5.74, 6) is -0.149. The van der Waals surface area contributed by atoms with Crippen LogP contribution in [-0.2, 0) is 38.1 Å². The van der Waals surface area contributed by atoms with Crippen molar-refractivity contribution in [2.24, 2.45) is 17.8 Å². The van der Waals surface area contributed by atoms with Crippen molar-refractivity contribution in [1.82, 2.24) is 20.4 Å². The van der Waals surface area contributed by atoms with Crippen molar-refractivity contribution < 1.29 is 56.9 Å². The number of carbonyl (C=O) groups excluding carboxylic acids is 4. The van der Waals surface area contributed by atoms with E-state index >= 15 is 4.39 Å². The number of hydrogen-bond donors (Lipinski definition) is 2. The third-order valence-electron chi connectivity index (χ3n) is 12.6. The van der Waals surface area contributed by atoms with E-state index in [0.29, 0.717) is 12.1 Å². The van der Waals surface area contributed by atoms with Gasteiger partial charge in [-0.25, -0.2) is 14.0 Å². The summed E-state index contributed by atoms with van der Waals surface area (Å²) in [4.78, 5) is 61.8. The quantitative estimate of drug-likeness (QED) is 0.180. The SMILES string of the molecule is CC[C@H]1OC(=O)[C@](C)(F)C(=O)[C@H](C)[C@@H](O[C@@H]2O[C@H](C)C[C@H](N(C)C)[C@H]2O)[C@](C)(OCC#Cc2cc(-c3cnc4ccccc4c3)no2)C[C@@H](C)C(=O)[C@H](C)[C@H]2NC(=O)O[C@@]21C. The summed E-state index contributed by atoms with van der Waals surface area (Å²) >= 11 is 0. The minimum absolute atomic E-state index is 0.0703. The van der Waals surface area contributed by atoms with Crippen LogP contribution in [0.2, 0.25) is 0 Å². The molecule has 3 aliphatic heterocycles. The average Bonchev–Trinajstić information content (AvgIpc) is 3.83. The first kappa shape index (κ1) is 45.7. The second-order valence-electron chi connectivity index (χ2n) is 17.5. The number of likely N-dealkylation sites (N-methyl/N-ethyl adjacent to an activating group) is 1. The van der Waals surface area contributed by atoms with Crippen LogP contribution < -0.4 is 5.32 Å². The molecule has 0 unspecified atom stereocenters. The van der Waals surface area contributed by atoms with E-state index in [1.54, 1.807) is 54.1 Å². The minimum atomic E-state index is -3.23. The summed E-state index contributed by atoms with van der Waals surface area (Å²) in [5, 5.41) is 19.4. The van der Waals surface area contributed by atoms with Gasteiger partial charge in [0.25, 0.3) is 5.67 Å². The molecule has 0 spiro atoms. The Labute approximate surface area is 355 Å². The Morgan fingerprint density at radius 1 is 1.05 bits per heavy atom. The first-order valence-electron chi connectivity index (χ1n) is 20.8. The zero-order valence-electron chi connectivity index (χ0n) is 36.4. The standard InChI is InChI=1S/C45H57FN4O11/c1-11-34-45(8)37(48-42(55)60-45)26(4)35(51)24(2)22-43(6,56-18-14-16-30-21-32(49-61-30)29-20-28-15-12-13-17-31(28)47-23-29)39(27(5)38(53)44(7,46)41(54)58-34)59-40-36(52)33(50(9)10)19-25(3)57-40/h12-13,15,17,20-21,23-27,33-34,36-37,39-40,52H,11,18-19,22H2,1-10H3,(H,48,55)/t24-,25-,26+,27+,33+,34-,36-,37-,39-,40+,43-,44-,45-/m1/s1. The molecule has 3 aliphatic rings. The monoisotopic (exact) mass is 848 g/mol. The van der Waals surface area contributed by atoms with Gasteiger partial charge in [0.15, 0.2) is 17.7 Å². The Bertz CT molecular complexity index is 2180. The van der Waals surface area contributed by atoms with E-state index in [0.717, 1.165) is 23.4 Å². The number of amides is 1. The molecule has 0 aliphatic carbocycles. The molecule has 1 aromatic carbocycles. The number of rotatable bonds is 7. The summed E-state index contributed by atoms with van der Waals surface area (Å²) in [5.41, 5.74) is -4.40. The minimum Gasteiger partial charge on any atom is -0.455 e. The maximum Gasteiger partial charge on any atom is 0.408 e. The fraction of sp³-hybridized carbons (Fsp3) is 0.600. The molecular weight excluding hydrogens is 792 g/mol. The van der Waals surface area contributed by atoms with Crippen LogP contribution >= 0.6 is 0 Å². The highest BCUT2D eigenvalue weighted by Gasteiger charge is 2.59. The Morgan fingerprint density at radius 3 is 2.48 bits per heavy atom. The number of carbonyl (C=O) groups is 4. The number of ether oxygens (including phenoxy) is 5. The first-order valence-corrected chi connectivity index (χ1v) is 20.8. The van der Waals surface area contributed by atoms with E-state index in [4.69, 9.17) is 28.2 Å². The Balaban J connectivity index is 1.38. The molecule has 0 radical (unpaired) electrons. The van der Waals surface area contributed by atoms with E-state index in [1.807, 2.05) is 42.2 Å². The van der Waals surface area contributed by atoms with Gasteiger partial charge < -0.3 is 43.5 Å². The van der Waals surface area contributed by atoms with E-state index in [9.17, 15) is 24.3 Å². The number of ketones is 2. The number of halogens is 1. The molecule has 6 rings (SSSR count). The van der Waals surface area contributed by atoms with Gasteiger partial charge in [0.1, 0.15) is 30.3 Å². The molecule has 0 bridgehead atoms. The fourth-order valence-electron chi connectivity index (χ4n) is 9.14. The lowest BCUT2D eigenvalue weighted by Gasteiger charge is -2.47. The van der Waals surface area contributed by atoms with Gasteiger partial charge >= 0.3 is 12.1 Å². The Hall–Kier alpha value is -4.79. The van der Waals surface area contributed by atoms with Gasteiger partial charge in [-0.1, -0.05) is 57.0 Å². The van der Waals surface area contributed by atoms with E-state index in [2.05, 4.69) is 27.3 Å². The van der Waals surface area contributed by atoms with Gasteiger partial charge in [-0.3, -0.25) is 14.6 Å². The number of cyclic esters (lactones) is 1. The molecule has 15 nitrogen and oxygen atoms in total. The lowest BCUT2D eigenvalue weighted by molar-refractivity contribution is -0.296. The van der Waals surface area contributed by atoms with Gasteiger partial charge in [0.2, 0.25) is 5.76 Å². The van der Waals surface area contributed by atoms with Crippen molar-refractivity contribution in [2.75, 3.05) is 20.7 Å². The number of aliphatic hydroxyl groups is 1. The van der Waals surface area contributed by atoms with Crippen molar-refractivity contribution in [3.63, 3.8) is 0 Å². The Kier molecular flexibility index (Phi) is 13.4. The number of nitrogens with one attached hydrogen (secondary N) is 1. The molecule has 3 fully saturated rings. The number of benzene rings is 1. The third-order valence-corrected chi connectivity index (χ3v) is 12.6. The number of Topliss-reactive ketones (excluding diaryl/α,β-unsaturated/α-hetero) is 2. The number of esters is 1. The lowest BCUT2D eigenvalue weighted by Crippen LogP contribution is -2.61. The molecule has 1 amide bonds. The number of nitrogens with zero attached hydrogens (tertiary/aromatic N) is 3. The zero-order chi connectivity index (χ0) is 44.6. The highest BCUT2D eigenvalue weighted by molar-refractivity contribution is 6.08. The normalized spacial score (nSPS) is 36.3. The van der Waals surface area contributed by atoms with Gasteiger partial charge in [-0.05, 0) is 79.1 Å². The molecule has 13 atom stereocenters. The van der Waals surface area contributed by atoms with Crippen molar-refractivity contribution in [2.45, 2.75) is 134 Å². The van der Waals surface area contributed by atoms with Crippen molar-refractivity contribution in [1.29, 1.82) is 0 Å². The molecule has 3 saturated heterocycles. The van der Waals surface area contributed by atoms with Crippen molar-refractivity contribution >= 4 is 34.5 Å². The predicted molar refractivity (Wildman–Crippen MR) is 219 cm³/mol. The summed E-state index contributed by atoms with van der Waals surface area (Å²) < 4.78 is 53.1. The summed E-state index contributed by atoms with van der Waals surface area (Å²) in [6.45, 7) is 11.8. The molecule has 2 aromatic heterocycles. The van der Waals surface area contributed by atoms with Crippen molar-refractivity contribution in [3.8, 4) is 23.1 Å². The van der Waals surface area contributed by atoms with Crippen LogP contribution in [0.3, 0.4) is 0 Å². The van der Waals surface area contributed by atoms with Crippen LogP contribution in [0.25, 0.3) is 22.2 Å². The number of alkyl halides is 1. The first-order chi connectivity index (χ1) is 28.7. The molecule has 16 heteroatoms. The third kappa shape index (κ3) is 9.22. The smallest absolute Gasteiger partial charge is 0.408 e. The van der Waals surface area contributed by atoms with Crippen LogP contribution in [-0.4, -0.2) is 124 Å². The van der Waals surface area contributed by atoms with E-state index in [-0.39, 0.29) is 31.0 Å². The molecule has 61 heavy (non-hydrogen) atoms. The van der Waals surface area contributed by atoms with Crippen LogP contribution in [0.15, 0.2) is 47.1 Å². The highest BCUT2D eigenvalue weighted by Crippen LogP contribution is 2.41. The highest BCUT2D eigenvalue weighted by atomic mass is 19.1. The Morgan fingerprint density at radius 2 is 1.77 bits per heavy atom. The van der Waals surface area contributed by atoms with E-state index in [1.165, 1.54) is 13.8 Å². The molecule has 2 N–H and O–H groups in total.